The molecule has 0 radical (unpaired) electrons. The van der Waals surface area contributed by atoms with E-state index in [0.29, 0.717) is 0 Å². The van der Waals surface area contributed by atoms with E-state index < -0.39 is 6.04 Å². The van der Waals surface area contributed by atoms with Crippen LogP contribution in [0.4, 0.5) is 0 Å². The Morgan fingerprint density at radius 3 is 2.80 bits per heavy atom. The number of nitrogens with zero attached hydrogens (tertiary/aromatic N) is 3. The molecular formula is C8H13N5O2. The largest absolute Gasteiger partial charge is 0.357 e. The molecule has 0 aliphatic carbocycles. The molecular weight excluding hydrogens is 198 g/mol. The summed E-state index contributed by atoms with van der Waals surface area (Å²) in [5.74, 6) is -0.515. The lowest BCUT2D eigenvalue weighted by Crippen LogP contribution is -2.44. The van der Waals surface area contributed by atoms with E-state index in [1.165, 1.54) is 24.4 Å². The van der Waals surface area contributed by atoms with Crippen molar-refractivity contribution in [1.82, 2.24) is 25.4 Å². The Balaban J connectivity index is 2.39. The lowest BCUT2D eigenvalue weighted by molar-refractivity contribution is -0.128. The molecule has 82 valence electrons. The first-order valence-corrected chi connectivity index (χ1v) is 4.47. The number of rotatable bonds is 4. The Kier molecular flexibility index (Phi) is 3.78. The summed E-state index contributed by atoms with van der Waals surface area (Å²) >= 11 is 0. The second-order valence-electron chi connectivity index (χ2n) is 3.00. The van der Waals surface area contributed by atoms with Crippen LogP contribution in [0.1, 0.15) is 6.92 Å². The average molecular weight is 211 g/mol. The van der Waals surface area contributed by atoms with E-state index >= 15 is 0 Å². The van der Waals surface area contributed by atoms with Gasteiger partial charge in [0.15, 0.2) is 0 Å². The van der Waals surface area contributed by atoms with Crippen molar-refractivity contribution in [1.29, 1.82) is 0 Å². The van der Waals surface area contributed by atoms with Gasteiger partial charge >= 0.3 is 0 Å². The summed E-state index contributed by atoms with van der Waals surface area (Å²) in [6.07, 6.45) is 2.78. The van der Waals surface area contributed by atoms with Crippen LogP contribution in [-0.4, -0.2) is 39.7 Å². The predicted octanol–water partition coefficient (Wildman–Crippen LogP) is -1.47. The summed E-state index contributed by atoms with van der Waals surface area (Å²) < 4.78 is 1.38. The highest BCUT2D eigenvalue weighted by atomic mass is 16.2. The number of carbonyl (C=O) groups is 2. The van der Waals surface area contributed by atoms with Gasteiger partial charge in [-0.3, -0.25) is 9.59 Å². The van der Waals surface area contributed by atoms with E-state index in [4.69, 9.17) is 0 Å². The number of aromatic nitrogens is 3. The van der Waals surface area contributed by atoms with E-state index in [0.717, 1.165) is 0 Å². The Morgan fingerprint density at radius 1 is 1.53 bits per heavy atom. The quantitative estimate of drug-likeness (QED) is 0.636. The van der Waals surface area contributed by atoms with Crippen molar-refractivity contribution in [2.75, 3.05) is 7.05 Å². The fraction of sp³-hybridized carbons (Fsp3) is 0.500. The smallest absolute Gasteiger partial charge is 0.242 e. The minimum absolute atomic E-state index is 0.0569. The van der Waals surface area contributed by atoms with E-state index in [9.17, 15) is 9.59 Å². The van der Waals surface area contributed by atoms with Gasteiger partial charge in [0.05, 0.1) is 0 Å². The summed E-state index contributed by atoms with van der Waals surface area (Å²) in [7, 11) is 1.52. The summed E-state index contributed by atoms with van der Waals surface area (Å²) in [5, 5.41) is 8.74. The van der Waals surface area contributed by atoms with Gasteiger partial charge in [0, 0.05) is 7.05 Å². The molecule has 0 aliphatic rings. The maximum atomic E-state index is 11.4. The van der Waals surface area contributed by atoms with Crippen molar-refractivity contribution in [3.05, 3.63) is 12.7 Å². The molecule has 0 aromatic carbocycles. The second-order valence-corrected chi connectivity index (χ2v) is 3.00. The van der Waals surface area contributed by atoms with Crippen molar-refractivity contribution >= 4 is 11.8 Å². The molecule has 7 heteroatoms. The van der Waals surface area contributed by atoms with Crippen LogP contribution < -0.4 is 10.6 Å². The molecule has 2 N–H and O–H groups in total. The molecule has 1 aromatic heterocycles. The number of hydrogen-bond acceptors (Lipinski definition) is 4. The molecule has 1 heterocycles. The minimum Gasteiger partial charge on any atom is -0.357 e. The van der Waals surface area contributed by atoms with Crippen LogP contribution in [0.2, 0.25) is 0 Å². The van der Waals surface area contributed by atoms with Crippen LogP contribution in [0.25, 0.3) is 0 Å². The third-order valence-electron chi connectivity index (χ3n) is 1.79. The predicted molar refractivity (Wildman–Crippen MR) is 51.7 cm³/mol. The summed E-state index contributed by atoms with van der Waals surface area (Å²) in [6, 6.07) is -0.550. The van der Waals surface area contributed by atoms with Crippen molar-refractivity contribution < 1.29 is 9.59 Å². The highest BCUT2D eigenvalue weighted by molar-refractivity contribution is 5.86. The molecule has 1 unspecified atom stereocenters. The van der Waals surface area contributed by atoms with Crippen molar-refractivity contribution in [3.8, 4) is 0 Å². The SMILES string of the molecule is CNC(=O)C(C)NC(=O)Cn1cncn1. The molecule has 0 aliphatic heterocycles. The molecule has 0 saturated carbocycles. The first-order valence-electron chi connectivity index (χ1n) is 4.47. The van der Waals surface area contributed by atoms with Gasteiger partial charge in [-0.15, -0.1) is 0 Å². The van der Waals surface area contributed by atoms with Crippen molar-refractivity contribution in [2.45, 2.75) is 19.5 Å². The average Bonchev–Trinajstić information content (AvgIpc) is 2.68. The van der Waals surface area contributed by atoms with E-state index in [-0.39, 0.29) is 18.4 Å². The van der Waals surface area contributed by atoms with Crippen LogP contribution in [0.15, 0.2) is 12.7 Å². The number of carbonyl (C=O) groups excluding carboxylic acids is 2. The standard InChI is InChI=1S/C8H13N5O2/c1-6(8(15)9-2)12-7(14)3-13-5-10-4-11-13/h4-6H,3H2,1-2H3,(H,9,15)(H,12,14). The molecule has 0 spiro atoms. The van der Waals surface area contributed by atoms with E-state index in [1.54, 1.807) is 6.92 Å². The fourth-order valence-electron chi connectivity index (χ4n) is 1.03. The highest BCUT2D eigenvalue weighted by Gasteiger charge is 2.13. The number of likely N-dealkylation sites (N-methyl/N-ethyl adjacent to an activating group) is 1. The zero-order valence-corrected chi connectivity index (χ0v) is 8.60. The molecule has 7 nitrogen and oxygen atoms in total. The monoisotopic (exact) mass is 211 g/mol. The molecule has 1 rings (SSSR count). The fourth-order valence-corrected chi connectivity index (χ4v) is 1.03. The van der Waals surface area contributed by atoms with Gasteiger partial charge in [0.25, 0.3) is 0 Å². The summed E-state index contributed by atoms with van der Waals surface area (Å²) in [6.45, 7) is 1.67. The van der Waals surface area contributed by atoms with Crippen LogP contribution in [0, 0.1) is 0 Å². The Hall–Kier alpha value is -1.92. The van der Waals surface area contributed by atoms with E-state index in [1.807, 2.05) is 0 Å². The Labute approximate surface area is 86.9 Å². The minimum atomic E-state index is -0.550. The van der Waals surface area contributed by atoms with E-state index in [2.05, 4.69) is 20.7 Å². The van der Waals surface area contributed by atoms with Crippen LogP contribution >= 0.6 is 0 Å². The maximum absolute atomic E-state index is 11.4. The normalized spacial score (nSPS) is 11.9. The highest BCUT2D eigenvalue weighted by Crippen LogP contribution is 1.85. The number of hydrogen-bond donors (Lipinski definition) is 2. The van der Waals surface area contributed by atoms with Crippen LogP contribution in [-0.2, 0) is 16.1 Å². The first-order chi connectivity index (χ1) is 7.13. The summed E-state index contributed by atoms with van der Waals surface area (Å²) in [4.78, 5) is 26.1. The second kappa shape index (κ2) is 5.08. The molecule has 15 heavy (non-hydrogen) atoms. The van der Waals surface area contributed by atoms with Crippen molar-refractivity contribution in [3.63, 3.8) is 0 Å². The molecule has 2 amide bonds. The molecule has 0 bridgehead atoms. The van der Waals surface area contributed by atoms with Gasteiger partial charge in [-0.1, -0.05) is 0 Å². The molecule has 0 fully saturated rings. The van der Waals surface area contributed by atoms with Gasteiger partial charge in [0.2, 0.25) is 11.8 Å². The Morgan fingerprint density at radius 2 is 2.27 bits per heavy atom. The zero-order chi connectivity index (χ0) is 11.3. The lowest BCUT2D eigenvalue weighted by atomic mass is 10.3. The molecule has 1 atom stereocenters. The lowest BCUT2D eigenvalue weighted by Gasteiger charge is -2.11. The number of nitrogens with one attached hydrogen (secondary N) is 2. The summed E-state index contributed by atoms with van der Waals surface area (Å²) in [5.41, 5.74) is 0. The van der Waals surface area contributed by atoms with Crippen LogP contribution in [0.3, 0.4) is 0 Å². The van der Waals surface area contributed by atoms with Gasteiger partial charge < -0.3 is 10.6 Å². The maximum Gasteiger partial charge on any atom is 0.242 e. The van der Waals surface area contributed by atoms with Crippen molar-refractivity contribution in [2.24, 2.45) is 0 Å². The van der Waals surface area contributed by atoms with Gasteiger partial charge in [-0.25, -0.2) is 9.67 Å². The Bertz CT molecular complexity index is 335. The van der Waals surface area contributed by atoms with Gasteiger partial charge in [0.1, 0.15) is 25.2 Å². The topological polar surface area (TPSA) is 88.9 Å². The molecule has 1 aromatic rings. The first kappa shape index (κ1) is 11.2. The third kappa shape index (κ3) is 3.37. The molecule has 0 saturated heterocycles. The number of amides is 2. The van der Waals surface area contributed by atoms with Gasteiger partial charge in [-0.2, -0.15) is 5.10 Å². The van der Waals surface area contributed by atoms with Crippen LogP contribution in [0.5, 0.6) is 0 Å². The third-order valence-corrected chi connectivity index (χ3v) is 1.79. The zero-order valence-electron chi connectivity index (χ0n) is 8.60. The van der Waals surface area contributed by atoms with Gasteiger partial charge in [-0.05, 0) is 6.92 Å².